The number of benzene rings is 2. The highest BCUT2D eigenvalue weighted by Crippen LogP contribution is 2.17. The van der Waals surface area contributed by atoms with Crippen molar-refractivity contribution in [3.63, 3.8) is 0 Å². The summed E-state index contributed by atoms with van der Waals surface area (Å²) in [6.07, 6.45) is 2.57. The first kappa shape index (κ1) is 22.6. The summed E-state index contributed by atoms with van der Waals surface area (Å²) in [5.41, 5.74) is -1.23. The number of anilines is 1. The minimum atomic E-state index is -1.32. The number of nitro groups is 2. The van der Waals surface area contributed by atoms with Gasteiger partial charge in [0.25, 0.3) is 5.43 Å². The van der Waals surface area contributed by atoms with Gasteiger partial charge in [-0.15, -0.1) is 0 Å². The van der Waals surface area contributed by atoms with Crippen molar-refractivity contribution in [3.05, 3.63) is 103 Å². The van der Waals surface area contributed by atoms with Crippen LogP contribution in [0, 0.1) is 31.9 Å². The number of carbonyl (C=O) groups is 1. The van der Waals surface area contributed by atoms with Gasteiger partial charge in [0.2, 0.25) is 6.20 Å². The number of hydrogen-bond acceptors (Lipinski definition) is 7. The van der Waals surface area contributed by atoms with Gasteiger partial charge >= 0.3 is 11.7 Å². The molecule has 0 saturated carbocycles. The lowest BCUT2D eigenvalue weighted by atomic mass is 10.2. The van der Waals surface area contributed by atoms with Crippen LogP contribution in [0.5, 0.6) is 0 Å². The largest absolute Gasteiger partial charge is 0.478 e. The quantitative estimate of drug-likeness (QED) is 0.406. The summed E-state index contributed by atoms with van der Waals surface area (Å²) in [5.74, 6) is -2.62. The molecule has 0 spiro atoms. The molecule has 2 aromatic carbocycles. The van der Waals surface area contributed by atoms with E-state index in [0.717, 1.165) is 30.6 Å². The molecule has 0 fully saturated rings. The van der Waals surface area contributed by atoms with Crippen LogP contribution in [0.1, 0.15) is 10.4 Å². The first-order valence-corrected chi connectivity index (χ1v) is 8.15. The van der Waals surface area contributed by atoms with Gasteiger partial charge in [-0.1, -0.05) is 0 Å². The van der Waals surface area contributed by atoms with Crippen LogP contribution in [0.25, 0.3) is 10.9 Å². The van der Waals surface area contributed by atoms with Crippen LogP contribution in [-0.2, 0) is 0 Å². The van der Waals surface area contributed by atoms with Crippen LogP contribution in [0.15, 0.2) is 59.8 Å². The zero-order valence-corrected chi connectivity index (χ0v) is 15.2. The number of fused-ring (bicyclic) bond motifs is 1. The van der Waals surface area contributed by atoms with E-state index >= 15 is 0 Å². The highest BCUT2D eigenvalue weighted by molar-refractivity contribution is 5.94. The topological polar surface area (TPSA) is 168 Å². The van der Waals surface area contributed by atoms with E-state index in [9.17, 15) is 38.6 Å². The molecule has 3 N–H and O–H groups in total. The second-order valence-corrected chi connectivity index (χ2v) is 5.69. The molecule has 0 saturated heterocycles. The van der Waals surface area contributed by atoms with Gasteiger partial charge in [-0.25, -0.2) is 13.6 Å². The lowest BCUT2D eigenvalue weighted by molar-refractivity contribution is -0.402. The second-order valence-electron chi connectivity index (χ2n) is 5.69. The van der Waals surface area contributed by atoms with Crippen molar-refractivity contribution >= 4 is 28.2 Å². The average Bonchev–Trinajstić information content (AvgIpc) is 2.69. The van der Waals surface area contributed by atoms with Crippen molar-refractivity contribution in [1.29, 1.82) is 0 Å². The van der Waals surface area contributed by atoms with Gasteiger partial charge in [-0.3, -0.25) is 25.0 Å². The Labute approximate surface area is 170 Å². The van der Waals surface area contributed by atoms with Crippen LogP contribution in [0.2, 0.25) is 0 Å². The van der Waals surface area contributed by atoms with Crippen molar-refractivity contribution in [2.24, 2.45) is 0 Å². The summed E-state index contributed by atoms with van der Waals surface area (Å²) in [6.45, 7) is 0. The van der Waals surface area contributed by atoms with Gasteiger partial charge in [0.15, 0.2) is 0 Å². The summed E-state index contributed by atoms with van der Waals surface area (Å²) in [5, 5.41) is 31.5. The number of H-pyrrole nitrogens is 1. The van der Waals surface area contributed by atoms with Crippen LogP contribution in [-0.4, -0.2) is 25.9 Å². The van der Waals surface area contributed by atoms with Gasteiger partial charge in [0, 0.05) is 5.52 Å². The average molecular weight is 434 g/mol. The van der Waals surface area contributed by atoms with Crippen molar-refractivity contribution in [1.82, 2.24) is 4.98 Å². The molecule has 3 rings (SSSR count). The molecule has 0 aliphatic heterocycles. The van der Waals surface area contributed by atoms with Gasteiger partial charge in [-0.05, 0) is 36.4 Å². The van der Waals surface area contributed by atoms with E-state index in [1.54, 1.807) is 0 Å². The molecule has 1 heterocycles. The zero-order valence-electron chi connectivity index (χ0n) is 15.2. The molecule has 0 atom stereocenters. The number of nitrogens with one attached hydrogen (secondary N) is 2. The third-order valence-electron chi connectivity index (χ3n) is 3.67. The van der Waals surface area contributed by atoms with E-state index in [0.29, 0.717) is 11.7 Å². The van der Waals surface area contributed by atoms with Crippen LogP contribution in [0.4, 0.5) is 20.2 Å². The Hall–Kier alpha value is -4.68. The molecule has 13 heteroatoms. The molecule has 0 amide bonds. The fourth-order valence-corrected chi connectivity index (χ4v) is 2.32. The predicted molar refractivity (Wildman–Crippen MR) is 104 cm³/mol. The van der Waals surface area contributed by atoms with E-state index < -0.39 is 38.6 Å². The Morgan fingerprint density at radius 1 is 1.10 bits per heavy atom. The Bertz CT molecular complexity index is 1260. The molecule has 160 valence electrons. The Morgan fingerprint density at radius 3 is 2.35 bits per heavy atom. The van der Waals surface area contributed by atoms with Crippen LogP contribution < -0.4 is 10.7 Å². The lowest BCUT2D eigenvalue weighted by Crippen LogP contribution is -2.09. The lowest BCUT2D eigenvalue weighted by Gasteiger charge is -2.04. The highest BCUT2D eigenvalue weighted by Gasteiger charge is 2.14. The van der Waals surface area contributed by atoms with Crippen molar-refractivity contribution < 1.29 is 28.5 Å². The monoisotopic (exact) mass is 434 g/mol. The van der Waals surface area contributed by atoms with E-state index in [1.807, 2.05) is 0 Å². The number of aromatic amines is 1. The van der Waals surface area contributed by atoms with Crippen LogP contribution >= 0.6 is 0 Å². The molecule has 0 aliphatic rings. The van der Waals surface area contributed by atoms with E-state index in [4.69, 9.17) is 5.11 Å². The maximum absolute atomic E-state index is 12.8. The minimum Gasteiger partial charge on any atom is -0.478 e. The van der Waals surface area contributed by atoms with E-state index in [2.05, 4.69) is 10.3 Å². The van der Waals surface area contributed by atoms with E-state index in [1.165, 1.54) is 18.2 Å². The smallest absolute Gasteiger partial charge is 0.337 e. The molecule has 3 aromatic rings. The normalized spacial score (nSPS) is 10.4. The van der Waals surface area contributed by atoms with E-state index in [-0.39, 0.29) is 16.6 Å². The third-order valence-corrected chi connectivity index (χ3v) is 3.67. The highest BCUT2D eigenvalue weighted by atomic mass is 19.1. The number of nitrogens with zero attached hydrogens (tertiary/aromatic N) is 2. The first-order valence-electron chi connectivity index (χ1n) is 8.15. The van der Waals surface area contributed by atoms with Gasteiger partial charge < -0.3 is 15.4 Å². The van der Waals surface area contributed by atoms with Gasteiger partial charge in [0.05, 0.1) is 38.9 Å². The molecule has 0 radical (unpaired) electrons. The van der Waals surface area contributed by atoms with Gasteiger partial charge in [-0.2, -0.15) is 0 Å². The van der Waals surface area contributed by atoms with Crippen LogP contribution in [0.3, 0.4) is 0 Å². The van der Waals surface area contributed by atoms with Crippen molar-refractivity contribution in [2.45, 2.75) is 0 Å². The molecule has 0 bridgehead atoms. The fraction of sp³-hybridized carbons (Fsp3) is 0. The summed E-state index contributed by atoms with van der Waals surface area (Å²) >= 11 is 0. The number of aromatic carboxylic acids is 1. The number of carboxylic acid groups (broad SMARTS) is 1. The molecule has 0 unspecified atom stereocenters. The maximum atomic E-state index is 12.8. The molecule has 11 nitrogen and oxygen atoms in total. The Morgan fingerprint density at radius 2 is 1.74 bits per heavy atom. The van der Waals surface area contributed by atoms with Crippen molar-refractivity contribution in [2.75, 3.05) is 5.32 Å². The number of carboxylic acids is 1. The summed E-state index contributed by atoms with van der Waals surface area (Å²) in [6, 6.07) is 6.56. The maximum Gasteiger partial charge on any atom is 0.337 e. The fourth-order valence-electron chi connectivity index (χ4n) is 2.32. The van der Waals surface area contributed by atoms with Crippen molar-refractivity contribution in [3.8, 4) is 0 Å². The predicted octanol–water partition coefficient (Wildman–Crippen LogP) is 3.26. The SMILES string of the molecule is O=C(O)c1cc(F)ccc1N/C=C/[N+](=O)[O-].O=c1c([N+](=O)[O-])c[nH]c2ccc(F)cc12. The summed E-state index contributed by atoms with van der Waals surface area (Å²) in [4.78, 5) is 43.7. The number of pyridine rings is 1. The number of aromatic nitrogens is 1. The Balaban J connectivity index is 0.000000220. The molecular formula is C18H12F2N4O7. The minimum absolute atomic E-state index is 0.0239. The number of hydrogen-bond donors (Lipinski definition) is 3. The summed E-state index contributed by atoms with van der Waals surface area (Å²) in [7, 11) is 0. The Kier molecular flexibility index (Phi) is 7.06. The summed E-state index contributed by atoms with van der Waals surface area (Å²) < 4.78 is 25.6. The zero-order chi connectivity index (χ0) is 23.1. The van der Waals surface area contributed by atoms with Gasteiger partial charge in [0.1, 0.15) is 11.6 Å². The number of rotatable bonds is 5. The molecule has 31 heavy (non-hydrogen) atoms. The third kappa shape index (κ3) is 5.90. The molecule has 0 aliphatic carbocycles. The first-order chi connectivity index (χ1) is 14.6. The molecular weight excluding hydrogens is 422 g/mol. The standard InChI is InChI=1S/C9H7FN2O4.C9H5FN2O3/c10-6-1-2-8(7(5-6)9(13)14)11-3-4-12(15)16;10-5-1-2-7-6(3-5)9(13)8(4-11-7)12(14)15/h1-5,11H,(H,13,14);1-4H,(H,11,13)/b4-3+;. The second kappa shape index (κ2) is 9.69. The number of halogens is 2. The molecule has 1 aromatic heterocycles.